The number of hydrogen-bond donors (Lipinski definition) is 0. The molecule has 2 rings (SSSR count). The lowest BCUT2D eigenvalue weighted by molar-refractivity contribution is 0.628. The Morgan fingerprint density at radius 1 is 1.21 bits per heavy atom. The van der Waals surface area contributed by atoms with Crippen LogP contribution in [0.5, 0.6) is 0 Å². The smallest absolute Gasteiger partial charge is 0.123 e. The molecule has 0 spiro atoms. The van der Waals surface area contributed by atoms with Crippen molar-refractivity contribution < 1.29 is 4.39 Å². The summed E-state index contributed by atoms with van der Waals surface area (Å²) in [7, 11) is 0. The molecule has 2 aromatic rings. The van der Waals surface area contributed by atoms with Crippen molar-refractivity contribution in [1.29, 1.82) is 0 Å². The average Bonchev–Trinajstić information content (AvgIpc) is 2.90. The van der Waals surface area contributed by atoms with Crippen LogP contribution in [0.1, 0.15) is 18.2 Å². The van der Waals surface area contributed by atoms with Crippen LogP contribution in [0.4, 0.5) is 4.39 Å². The van der Waals surface area contributed by atoms with Crippen molar-refractivity contribution in [3.8, 4) is 11.1 Å². The van der Waals surface area contributed by atoms with Gasteiger partial charge in [-0.1, -0.05) is 48.6 Å². The van der Waals surface area contributed by atoms with Gasteiger partial charge in [0, 0.05) is 18.4 Å². The fourth-order valence-corrected chi connectivity index (χ4v) is 2.70. The summed E-state index contributed by atoms with van der Waals surface area (Å²) >= 11 is 0. The van der Waals surface area contributed by atoms with Crippen LogP contribution in [0.15, 0.2) is 79.6 Å². The quantitative estimate of drug-likeness (QED) is 0.434. The summed E-state index contributed by atoms with van der Waals surface area (Å²) in [6.45, 7) is 12.4. The Hall–Kier alpha value is -2.61. The van der Waals surface area contributed by atoms with E-state index in [-0.39, 0.29) is 5.82 Å². The first-order valence-corrected chi connectivity index (χ1v) is 8.06. The molecule has 1 heterocycles. The highest BCUT2D eigenvalue weighted by Gasteiger charge is 2.10. The van der Waals surface area contributed by atoms with Gasteiger partial charge in [-0.2, -0.15) is 0 Å². The molecule has 1 nitrogen and oxygen atoms in total. The summed E-state index contributed by atoms with van der Waals surface area (Å²) in [5.41, 5.74) is 5.45. The van der Waals surface area contributed by atoms with Crippen LogP contribution in [0.3, 0.4) is 0 Å². The van der Waals surface area contributed by atoms with Gasteiger partial charge in [-0.15, -0.1) is 6.58 Å². The topological polar surface area (TPSA) is 4.93 Å². The molecule has 0 saturated heterocycles. The third kappa shape index (κ3) is 4.45. The van der Waals surface area contributed by atoms with Gasteiger partial charge in [-0.25, -0.2) is 4.39 Å². The van der Waals surface area contributed by atoms with Crippen molar-refractivity contribution >= 4 is 0 Å². The van der Waals surface area contributed by atoms with E-state index in [1.165, 1.54) is 11.6 Å². The standard InChI is InChI=1S/C22H24FN/c1-5-7-8-10-17(3)15-24-16-20(13-18(24)4)22-14-21(23)12-11-19(22)9-6-2/h5-8,10-14,16H,1-2,9,15H2,3-4H3/b8-7-,17-10+. The first-order valence-electron chi connectivity index (χ1n) is 8.06. The molecular formula is C22H24FN. The van der Waals surface area contributed by atoms with Crippen molar-refractivity contribution in [2.45, 2.75) is 26.8 Å². The third-order valence-corrected chi connectivity index (χ3v) is 3.91. The maximum atomic E-state index is 13.7. The normalized spacial score (nSPS) is 11.9. The second kappa shape index (κ2) is 8.30. The van der Waals surface area contributed by atoms with Gasteiger partial charge < -0.3 is 4.57 Å². The molecule has 0 N–H and O–H groups in total. The van der Waals surface area contributed by atoms with Crippen LogP contribution in [0.2, 0.25) is 0 Å². The number of rotatable bonds is 7. The maximum absolute atomic E-state index is 13.7. The van der Waals surface area contributed by atoms with Gasteiger partial charge in [0.1, 0.15) is 5.82 Å². The first kappa shape index (κ1) is 17.7. The van der Waals surface area contributed by atoms with E-state index in [0.29, 0.717) is 0 Å². The van der Waals surface area contributed by atoms with Gasteiger partial charge in [-0.3, -0.25) is 0 Å². The maximum Gasteiger partial charge on any atom is 0.123 e. The molecule has 0 fully saturated rings. The number of aromatic nitrogens is 1. The van der Waals surface area contributed by atoms with E-state index < -0.39 is 0 Å². The summed E-state index contributed by atoms with van der Waals surface area (Å²) in [4.78, 5) is 0. The summed E-state index contributed by atoms with van der Waals surface area (Å²) in [6, 6.07) is 7.05. The van der Waals surface area contributed by atoms with Crippen LogP contribution in [0, 0.1) is 12.7 Å². The number of allylic oxidation sites excluding steroid dienone is 6. The van der Waals surface area contributed by atoms with Crippen LogP contribution in [-0.2, 0) is 13.0 Å². The molecule has 0 unspecified atom stereocenters. The minimum Gasteiger partial charge on any atom is -0.347 e. The van der Waals surface area contributed by atoms with Crippen molar-refractivity contribution in [2.75, 3.05) is 0 Å². The van der Waals surface area contributed by atoms with E-state index in [1.54, 1.807) is 12.1 Å². The van der Waals surface area contributed by atoms with Gasteiger partial charge in [0.15, 0.2) is 0 Å². The van der Waals surface area contributed by atoms with E-state index >= 15 is 0 Å². The summed E-state index contributed by atoms with van der Waals surface area (Å²) in [5.74, 6) is -0.214. The van der Waals surface area contributed by atoms with E-state index in [0.717, 1.165) is 35.3 Å². The Morgan fingerprint density at radius 2 is 2.00 bits per heavy atom. The molecule has 124 valence electrons. The van der Waals surface area contributed by atoms with E-state index in [9.17, 15) is 4.39 Å². The Balaban J connectivity index is 2.33. The molecular weight excluding hydrogens is 297 g/mol. The summed E-state index contributed by atoms with van der Waals surface area (Å²) in [6.07, 6.45) is 12.4. The first-order chi connectivity index (χ1) is 11.5. The van der Waals surface area contributed by atoms with E-state index in [2.05, 4.69) is 49.9 Å². The summed E-state index contributed by atoms with van der Waals surface area (Å²) < 4.78 is 15.9. The minimum absolute atomic E-state index is 0.214. The predicted molar refractivity (Wildman–Crippen MR) is 102 cm³/mol. The molecule has 2 heteroatoms. The summed E-state index contributed by atoms with van der Waals surface area (Å²) in [5, 5.41) is 0. The van der Waals surface area contributed by atoms with Crippen LogP contribution < -0.4 is 0 Å². The molecule has 0 saturated carbocycles. The van der Waals surface area contributed by atoms with E-state index in [4.69, 9.17) is 0 Å². The fraction of sp³-hybridized carbons (Fsp3) is 0.182. The van der Waals surface area contributed by atoms with Crippen LogP contribution >= 0.6 is 0 Å². The monoisotopic (exact) mass is 321 g/mol. The van der Waals surface area contributed by atoms with Gasteiger partial charge in [0.2, 0.25) is 0 Å². The molecule has 24 heavy (non-hydrogen) atoms. The fourth-order valence-electron chi connectivity index (χ4n) is 2.70. The molecule has 0 radical (unpaired) electrons. The lowest BCUT2D eigenvalue weighted by Crippen LogP contribution is -1.99. The molecule has 0 atom stereocenters. The lowest BCUT2D eigenvalue weighted by atomic mass is 9.99. The molecule has 0 aliphatic carbocycles. The van der Waals surface area contributed by atoms with Crippen LogP contribution in [-0.4, -0.2) is 4.57 Å². The van der Waals surface area contributed by atoms with Crippen molar-refractivity contribution in [3.63, 3.8) is 0 Å². The zero-order valence-corrected chi connectivity index (χ0v) is 14.4. The number of benzene rings is 1. The van der Waals surface area contributed by atoms with Crippen molar-refractivity contribution in [1.82, 2.24) is 4.57 Å². The van der Waals surface area contributed by atoms with Crippen LogP contribution in [0.25, 0.3) is 11.1 Å². The average molecular weight is 321 g/mol. The highest BCUT2D eigenvalue weighted by Crippen LogP contribution is 2.27. The zero-order chi connectivity index (χ0) is 17.5. The second-order valence-electron chi connectivity index (χ2n) is 5.93. The zero-order valence-electron chi connectivity index (χ0n) is 14.4. The molecule has 1 aromatic carbocycles. The molecule has 0 aliphatic heterocycles. The molecule has 1 aromatic heterocycles. The Bertz CT molecular complexity index is 790. The number of halogens is 1. The highest BCUT2D eigenvalue weighted by molar-refractivity contribution is 5.68. The highest BCUT2D eigenvalue weighted by atomic mass is 19.1. The molecule has 0 bridgehead atoms. The predicted octanol–water partition coefficient (Wildman–Crippen LogP) is 6.02. The molecule has 0 aliphatic rings. The van der Waals surface area contributed by atoms with Gasteiger partial charge in [0.05, 0.1) is 0 Å². The Morgan fingerprint density at radius 3 is 2.71 bits per heavy atom. The van der Waals surface area contributed by atoms with Gasteiger partial charge >= 0.3 is 0 Å². The van der Waals surface area contributed by atoms with Crippen molar-refractivity contribution in [2.24, 2.45) is 0 Å². The van der Waals surface area contributed by atoms with Crippen molar-refractivity contribution in [3.05, 3.63) is 96.6 Å². The van der Waals surface area contributed by atoms with E-state index in [1.807, 2.05) is 24.3 Å². The second-order valence-corrected chi connectivity index (χ2v) is 5.93. The SMILES string of the molecule is C=C/C=C\C=C(/C)Cn1cc(-c2cc(F)ccc2CC=C)cc1C. The van der Waals surface area contributed by atoms with Gasteiger partial charge in [-0.05, 0) is 55.2 Å². The minimum atomic E-state index is -0.214. The molecule has 0 amide bonds. The Labute approximate surface area is 144 Å². The Kier molecular flexibility index (Phi) is 6.14. The van der Waals surface area contributed by atoms with Gasteiger partial charge in [0.25, 0.3) is 0 Å². The number of hydrogen-bond acceptors (Lipinski definition) is 0. The third-order valence-electron chi connectivity index (χ3n) is 3.91. The number of nitrogens with zero attached hydrogens (tertiary/aromatic N) is 1. The largest absolute Gasteiger partial charge is 0.347 e. The lowest BCUT2D eigenvalue weighted by Gasteiger charge is -2.07. The number of aryl methyl sites for hydroxylation is 1.